The van der Waals surface area contributed by atoms with Gasteiger partial charge in [-0.3, -0.25) is 9.78 Å². The molecule has 30 heavy (non-hydrogen) atoms. The summed E-state index contributed by atoms with van der Waals surface area (Å²) < 4.78 is 21.4. The van der Waals surface area contributed by atoms with E-state index >= 15 is 0 Å². The molecule has 1 aliphatic rings. The van der Waals surface area contributed by atoms with Gasteiger partial charge in [-0.05, 0) is 54.9 Å². The smallest absolute Gasteiger partial charge is 0.190 e. The third kappa shape index (κ3) is 3.84. The van der Waals surface area contributed by atoms with Gasteiger partial charge in [0.2, 0.25) is 0 Å². The van der Waals surface area contributed by atoms with Crippen LogP contribution in [0.25, 0.3) is 10.9 Å². The van der Waals surface area contributed by atoms with E-state index in [0.717, 1.165) is 23.9 Å². The molecule has 0 aliphatic heterocycles. The minimum absolute atomic E-state index is 0.0888. The fourth-order valence-corrected chi connectivity index (χ4v) is 4.61. The monoisotopic (exact) mass is 410 g/mol. The van der Waals surface area contributed by atoms with Gasteiger partial charge in [-0.25, -0.2) is 4.39 Å². The SMILES string of the molecule is COc1ccc(F)cc1C(C)(C)CC(O)(Cn1ccc(=O)c2cnccc21)C1CC1. The molecule has 4 rings (SSSR count). The van der Waals surface area contributed by atoms with E-state index in [1.807, 2.05) is 18.4 Å². The van der Waals surface area contributed by atoms with Crippen molar-refractivity contribution in [2.45, 2.75) is 50.7 Å². The third-order valence-corrected chi connectivity index (χ3v) is 6.20. The van der Waals surface area contributed by atoms with Crippen LogP contribution in [0.4, 0.5) is 4.39 Å². The fourth-order valence-electron chi connectivity index (χ4n) is 4.61. The average Bonchev–Trinajstić information content (AvgIpc) is 3.56. The van der Waals surface area contributed by atoms with Crippen LogP contribution in [-0.2, 0) is 12.0 Å². The number of pyridine rings is 2. The third-order valence-electron chi connectivity index (χ3n) is 6.20. The first-order valence-corrected chi connectivity index (χ1v) is 10.2. The van der Waals surface area contributed by atoms with E-state index in [1.54, 1.807) is 37.8 Å². The average molecular weight is 410 g/mol. The number of benzene rings is 1. The zero-order valence-corrected chi connectivity index (χ0v) is 17.6. The molecule has 3 aromatic rings. The first-order chi connectivity index (χ1) is 14.2. The van der Waals surface area contributed by atoms with Gasteiger partial charge in [-0.1, -0.05) is 13.8 Å². The zero-order valence-electron chi connectivity index (χ0n) is 17.6. The van der Waals surface area contributed by atoms with Crippen LogP contribution >= 0.6 is 0 Å². The van der Waals surface area contributed by atoms with Gasteiger partial charge in [0.05, 0.1) is 30.2 Å². The predicted molar refractivity (Wildman–Crippen MR) is 114 cm³/mol. The molecule has 158 valence electrons. The minimum Gasteiger partial charge on any atom is -0.496 e. The van der Waals surface area contributed by atoms with Crippen LogP contribution in [0.1, 0.15) is 38.7 Å². The van der Waals surface area contributed by atoms with Crippen molar-refractivity contribution in [2.24, 2.45) is 5.92 Å². The van der Waals surface area contributed by atoms with Gasteiger partial charge in [0.1, 0.15) is 11.6 Å². The molecular weight excluding hydrogens is 383 g/mol. The maximum absolute atomic E-state index is 14.0. The molecule has 2 aromatic heterocycles. The standard InChI is InChI=1S/C24H27FN2O3/c1-23(2,19-12-17(25)6-7-22(19)30-3)14-24(29,16-4-5-16)15-27-11-9-21(28)18-13-26-10-8-20(18)27/h6-13,16,29H,4-5,14-15H2,1-3H3. The highest BCUT2D eigenvalue weighted by Crippen LogP contribution is 2.48. The number of fused-ring (bicyclic) bond motifs is 1. The first-order valence-electron chi connectivity index (χ1n) is 10.2. The lowest BCUT2D eigenvalue weighted by atomic mass is 9.73. The van der Waals surface area contributed by atoms with Crippen LogP contribution < -0.4 is 10.2 Å². The van der Waals surface area contributed by atoms with Crippen molar-refractivity contribution < 1.29 is 14.2 Å². The number of hydrogen-bond donors (Lipinski definition) is 1. The maximum Gasteiger partial charge on any atom is 0.190 e. The molecule has 0 saturated heterocycles. The van der Waals surface area contributed by atoms with Crippen molar-refractivity contribution in [3.63, 3.8) is 0 Å². The highest BCUT2D eigenvalue weighted by atomic mass is 19.1. The number of aliphatic hydroxyl groups is 1. The van der Waals surface area contributed by atoms with Crippen LogP contribution in [0.15, 0.2) is 53.7 Å². The normalized spacial score (nSPS) is 16.4. The molecule has 0 amide bonds. The molecule has 6 heteroatoms. The largest absolute Gasteiger partial charge is 0.496 e. The summed E-state index contributed by atoms with van der Waals surface area (Å²) in [6.07, 6.45) is 7.28. The Labute approximate surface area is 175 Å². The number of methoxy groups -OCH3 is 1. The van der Waals surface area contributed by atoms with E-state index in [9.17, 15) is 14.3 Å². The van der Waals surface area contributed by atoms with Gasteiger partial charge >= 0.3 is 0 Å². The first kappa shape index (κ1) is 20.5. The van der Waals surface area contributed by atoms with Crippen LogP contribution in [0.3, 0.4) is 0 Å². The van der Waals surface area contributed by atoms with Gasteiger partial charge in [0.15, 0.2) is 5.43 Å². The second-order valence-electron chi connectivity index (χ2n) is 8.98. The number of nitrogens with zero attached hydrogens (tertiary/aromatic N) is 2. The van der Waals surface area contributed by atoms with Crippen LogP contribution in [0, 0.1) is 11.7 Å². The summed E-state index contributed by atoms with van der Waals surface area (Å²) in [5, 5.41) is 12.3. The van der Waals surface area contributed by atoms with Crippen molar-refractivity contribution in [1.82, 2.24) is 9.55 Å². The Kier molecular flexibility index (Phi) is 5.14. The van der Waals surface area contributed by atoms with E-state index < -0.39 is 11.0 Å². The summed E-state index contributed by atoms with van der Waals surface area (Å²) in [5.41, 5.74) is -0.141. The van der Waals surface area contributed by atoms with Crippen molar-refractivity contribution in [3.05, 3.63) is 70.5 Å². The molecule has 1 unspecified atom stereocenters. The Morgan fingerprint density at radius 3 is 2.73 bits per heavy atom. The lowest BCUT2D eigenvalue weighted by Crippen LogP contribution is -2.42. The summed E-state index contributed by atoms with van der Waals surface area (Å²) in [6, 6.07) is 7.81. The molecule has 0 radical (unpaired) electrons. The molecule has 0 bridgehead atoms. The zero-order chi connectivity index (χ0) is 21.5. The number of hydrogen-bond acceptors (Lipinski definition) is 4. The van der Waals surface area contributed by atoms with E-state index in [0.29, 0.717) is 24.1 Å². The second kappa shape index (κ2) is 7.51. The summed E-state index contributed by atoms with van der Waals surface area (Å²) in [7, 11) is 1.57. The van der Waals surface area contributed by atoms with E-state index in [2.05, 4.69) is 4.98 Å². The quantitative estimate of drug-likeness (QED) is 0.638. The molecule has 0 spiro atoms. The maximum atomic E-state index is 14.0. The van der Waals surface area contributed by atoms with Crippen molar-refractivity contribution in [1.29, 1.82) is 0 Å². The number of ether oxygens (including phenoxy) is 1. The van der Waals surface area contributed by atoms with Crippen LogP contribution in [0.5, 0.6) is 5.75 Å². The Hall–Kier alpha value is -2.73. The van der Waals surface area contributed by atoms with Gasteiger partial charge in [-0.2, -0.15) is 0 Å². The van der Waals surface area contributed by atoms with Crippen LogP contribution in [0.2, 0.25) is 0 Å². The Balaban J connectivity index is 1.72. The molecule has 2 heterocycles. The lowest BCUT2D eigenvalue weighted by molar-refractivity contribution is -0.0230. The minimum atomic E-state index is -1.01. The Morgan fingerprint density at radius 1 is 1.27 bits per heavy atom. The molecule has 5 nitrogen and oxygen atoms in total. The summed E-state index contributed by atoms with van der Waals surface area (Å²) in [6.45, 7) is 4.36. The van der Waals surface area contributed by atoms with Crippen LogP contribution in [-0.4, -0.2) is 27.4 Å². The second-order valence-corrected chi connectivity index (χ2v) is 8.98. The molecule has 1 saturated carbocycles. The summed E-state index contributed by atoms with van der Waals surface area (Å²) >= 11 is 0. The number of halogens is 1. The van der Waals surface area contributed by atoms with Crippen molar-refractivity contribution in [3.8, 4) is 5.75 Å². The Morgan fingerprint density at radius 2 is 2.03 bits per heavy atom. The fraction of sp³-hybridized carbons (Fsp3) is 0.417. The highest BCUT2D eigenvalue weighted by molar-refractivity contribution is 5.77. The highest BCUT2D eigenvalue weighted by Gasteiger charge is 2.47. The van der Waals surface area contributed by atoms with Gasteiger partial charge in [-0.15, -0.1) is 0 Å². The number of rotatable bonds is 7. The van der Waals surface area contributed by atoms with E-state index in [1.165, 1.54) is 18.2 Å². The predicted octanol–water partition coefficient (Wildman–Crippen LogP) is 4.05. The molecule has 1 aromatic carbocycles. The van der Waals surface area contributed by atoms with Crippen molar-refractivity contribution >= 4 is 10.9 Å². The molecular formula is C24H27FN2O3. The molecule has 1 N–H and O–H groups in total. The molecule has 1 fully saturated rings. The number of aromatic nitrogens is 2. The van der Waals surface area contributed by atoms with E-state index in [-0.39, 0.29) is 17.2 Å². The molecule has 1 atom stereocenters. The summed E-state index contributed by atoms with van der Waals surface area (Å²) in [5.74, 6) is 0.444. The van der Waals surface area contributed by atoms with Gasteiger partial charge in [0.25, 0.3) is 0 Å². The summed E-state index contributed by atoms with van der Waals surface area (Å²) in [4.78, 5) is 16.3. The lowest BCUT2D eigenvalue weighted by Gasteiger charge is -2.38. The van der Waals surface area contributed by atoms with Gasteiger partial charge in [0, 0.05) is 30.2 Å². The van der Waals surface area contributed by atoms with Crippen molar-refractivity contribution in [2.75, 3.05) is 7.11 Å². The Bertz CT molecular complexity index is 1140. The topological polar surface area (TPSA) is 64.3 Å². The molecule has 1 aliphatic carbocycles. The van der Waals surface area contributed by atoms with Gasteiger partial charge < -0.3 is 14.4 Å². The van der Waals surface area contributed by atoms with E-state index in [4.69, 9.17) is 4.74 Å².